The summed E-state index contributed by atoms with van der Waals surface area (Å²) >= 11 is 0. The van der Waals surface area contributed by atoms with Gasteiger partial charge in [-0.15, -0.1) is 0 Å². The van der Waals surface area contributed by atoms with Crippen LogP contribution in [0.1, 0.15) is 52.4 Å². The van der Waals surface area contributed by atoms with E-state index in [2.05, 4.69) is 10.6 Å². The third-order valence-electron chi connectivity index (χ3n) is 5.18. The van der Waals surface area contributed by atoms with Crippen LogP contribution in [0.15, 0.2) is 0 Å². The van der Waals surface area contributed by atoms with Gasteiger partial charge in [-0.3, -0.25) is 24.0 Å². The van der Waals surface area contributed by atoms with Gasteiger partial charge in [-0.1, -0.05) is 13.8 Å². The molecule has 0 aromatic carbocycles. The van der Waals surface area contributed by atoms with Crippen molar-refractivity contribution in [1.29, 1.82) is 0 Å². The Bertz CT molecular complexity index is 772. The highest BCUT2D eigenvalue weighted by atomic mass is 16.4. The van der Waals surface area contributed by atoms with Crippen molar-refractivity contribution in [2.45, 2.75) is 76.5 Å². The summed E-state index contributed by atoms with van der Waals surface area (Å²) in [7, 11) is 0. The first kappa shape index (κ1) is 27.8. The number of carbonyl (C=O) groups excluding carboxylic acids is 4. The summed E-state index contributed by atoms with van der Waals surface area (Å²) in [6.45, 7) is 3.83. The van der Waals surface area contributed by atoms with Crippen LogP contribution in [0.3, 0.4) is 0 Å². The molecule has 0 aromatic heterocycles. The van der Waals surface area contributed by atoms with Crippen LogP contribution in [0.25, 0.3) is 0 Å². The van der Waals surface area contributed by atoms with Gasteiger partial charge >= 0.3 is 11.9 Å². The van der Waals surface area contributed by atoms with Gasteiger partial charge < -0.3 is 37.2 Å². The average molecular weight is 472 g/mol. The van der Waals surface area contributed by atoms with Gasteiger partial charge in [0.25, 0.3) is 0 Å². The normalized spacial score (nSPS) is 18.3. The second-order valence-electron chi connectivity index (χ2n) is 8.49. The third kappa shape index (κ3) is 9.04. The first-order valence-electron chi connectivity index (χ1n) is 10.7. The number of rotatable bonds is 13. The number of hydrogen-bond donors (Lipinski definition) is 6. The molecule has 4 amide bonds. The maximum Gasteiger partial charge on any atom is 0.326 e. The maximum atomic E-state index is 12.9. The van der Waals surface area contributed by atoms with Gasteiger partial charge in [0.05, 0.1) is 12.5 Å². The van der Waals surface area contributed by atoms with E-state index in [0.717, 1.165) is 4.90 Å². The number of hydrogen-bond acceptors (Lipinski definition) is 7. The van der Waals surface area contributed by atoms with Gasteiger partial charge in [-0.2, -0.15) is 0 Å². The van der Waals surface area contributed by atoms with Gasteiger partial charge in [0.15, 0.2) is 0 Å². The number of carboxylic acids is 2. The fraction of sp³-hybridized carbons (Fsp3) is 0.700. The molecule has 0 aromatic rings. The largest absolute Gasteiger partial charge is 0.481 e. The summed E-state index contributed by atoms with van der Waals surface area (Å²) < 4.78 is 0. The molecule has 1 aliphatic rings. The van der Waals surface area contributed by atoms with Gasteiger partial charge in [0.2, 0.25) is 23.6 Å². The molecule has 13 nitrogen and oxygen atoms in total. The monoisotopic (exact) mass is 471 g/mol. The number of amides is 4. The molecular formula is C20H33N5O8. The summed E-state index contributed by atoms with van der Waals surface area (Å²) in [6, 6.07) is -4.84. The van der Waals surface area contributed by atoms with Gasteiger partial charge in [-0.25, -0.2) is 4.79 Å². The molecule has 0 aliphatic carbocycles. The van der Waals surface area contributed by atoms with Crippen molar-refractivity contribution >= 4 is 35.6 Å². The van der Waals surface area contributed by atoms with E-state index in [-0.39, 0.29) is 25.3 Å². The minimum atomic E-state index is -1.47. The lowest BCUT2D eigenvalue weighted by Gasteiger charge is -2.28. The van der Waals surface area contributed by atoms with E-state index in [1.165, 1.54) is 0 Å². The molecule has 4 atom stereocenters. The van der Waals surface area contributed by atoms with Crippen molar-refractivity contribution in [2.75, 3.05) is 6.54 Å². The first-order valence-corrected chi connectivity index (χ1v) is 10.7. The Balaban J connectivity index is 3.02. The number of carboxylic acid groups (broad SMARTS) is 2. The van der Waals surface area contributed by atoms with Crippen molar-refractivity contribution in [2.24, 2.45) is 17.4 Å². The Labute approximate surface area is 191 Å². The molecule has 0 saturated carbocycles. The number of nitrogens with two attached hydrogens (primary N) is 2. The summed E-state index contributed by atoms with van der Waals surface area (Å²) in [5, 5.41) is 23.0. The molecule has 0 spiro atoms. The molecular weight excluding hydrogens is 438 g/mol. The number of nitrogens with zero attached hydrogens (tertiary/aromatic N) is 1. The van der Waals surface area contributed by atoms with E-state index in [9.17, 15) is 33.9 Å². The quantitative estimate of drug-likeness (QED) is 0.177. The molecule has 186 valence electrons. The van der Waals surface area contributed by atoms with E-state index >= 15 is 0 Å². The van der Waals surface area contributed by atoms with Crippen molar-refractivity contribution in [3.63, 3.8) is 0 Å². The molecule has 1 saturated heterocycles. The summed E-state index contributed by atoms with van der Waals surface area (Å²) in [4.78, 5) is 73.1. The third-order valence-corrected chi connectivity index (χ3v) is 5.18. The second kappa shape index (κ2) is 12.7. The topological polar surface area (TPSA) is 222 Å². The lowest BCUT2D eigenvalue weighted by Crippen LogP contribution is -2.57. The molecule has 8 N–H and O–H groups in total. The lowest BCUT2D eigenvalue weighted by atomic mass is 10.0. The van der Waals surface area contributed by atoms with Crippen molar-refractivity contribution in [3.8, 4) is 0 Å². The Morgan fingerprint density at radius 1 is 1.03 bits per heavy atom. The highest BCUT2D eigenvalue weighted by molar-refractivity contribution is 5.96. The van der Waals surface area contributed by atoms with Crippen molar-refractivity contribution < 1.29 is 39.0 Å². The number of likely N-dealkylation sites (tertiary alicyclic amines) is 1. The first-order chi connectivity index (χ1) is 15.3. The van der Waals surface area contributed by atoms with E-state index in [1.54, 1.807) is 0 Å². The van der Waals surface area contributed by atoms with E-state index in [1.807, 2.05) is 13.8 Å². The smallest absolute Gasteiger partial charge is 0.326 e. The Morgan fingerprint density at radius 2 is 1.64 bits per heavy atom. The predicted octanol–water partition coefficient (Wildman–Crippen LogP) is -1.85. The van der Waals surface area contributed by atoms with Crippen molar-refractivity contribution in [1.82, 2.24) is 15.5 Å². The molecule has 1 aliphatic heterocycles. The average Bonchev–Trinajstić information content (AvgIpc) is 3.18. The van der Waals surface area contributed by atoms with Crippen molar-refractivity contribution in [3.05, 3.63) is 0 Å². The molecule has 1 rings (SSSR count). The zero-order valence-electron chi connectivity index (χ0n) is 18.8. The van der Waals surface area contributed by atoms with Gasteiger partial charge in [0, 0.05) is 13.0 Å². The highest BCUT2D eigenvalue weighted by Crippen LogP contribution is 2.19. The molecule has 1 fully saturated rings. The zero-order chi connectivity index (χ0) is 25.3. The molecule has 0 bridgehead atoms. The highest BCUT2D eigenvalue weighted by Gasteiger charge is 2.39. The Morgan fingerprint density at radius 3 is 2.15 bits per heavy atom. The van der Waals surface area contributed by atoms with Crippen LogP contribution in [-0.2, 0) is 28.8 Å². The minimum Gasteiger partial charge on any atom is -0.481 e. The van der Waals surface area contributed by atoms with Gasteiger partial charge in [0.1, 0.15) is 18.1 Å². The molecule has 1 heterocycles. The summed E-state index contributed by atoms with van der Waals surface area (Å²) in [6.07, 6.45) is -0.360. The number of primary amides is 1. The predicted molar refractivity (Wildman–Crippen MR) is 114 cm³/mol. The van der Waals surface area contributed by atoms with Crippen LogP contribution in [0.5, 0.6) is 0 Å². The van der Waals surface area contributed by atoms with E-state index in [4.69, 9.17) is 16.6 Å². The number of nitrogens with one attached hydrogen (secondary N) is 2. The Kier molecular flexibility index (Phi) is 10.7. The molecule has 4 unspecified atom stereocenters. The van der Waals surface area contributed by atoms with Crippen LogP contribution < -0.4 is 22.1 Å². The fourth-order valence-corrected chi connectivity index (χ4v) is 3.59. The molecule has 0 radical (unpaired) electrons. The van der Waals surface area contributed by atoms with Crippen LogP contribution in [0.4, 0.5) is 0 Å². The maximum absolute atomic E-state index is 12.9. The van der Waals surface area contributed by atoms with Gasteiger partial charge in [-0.05, 0) is 31.6 Å². The van der Waals surface area contributed by atoms with E-state index < -0.39 is 72.6 Å². The summed E-state index contributed by atoms with van der Waals surface area (Å²) in [5.74, 6) is -5.62. The SMILES string of the molecule is CC(C)CC(N)C(=O)NC(CCC(=O)O)C(=O)NC(CC(N)=O)C(=O)N1CCCC1C(=O)O. The zero-order valence-corrected chi connectivity index (χ0v) is 18.8. The Hall–Kier alpha value is -3.22. The molecule has 13 heteroatoms. The fourth-order valence-electron chi connectivity index (χ4n) is 3.59. The number of carbonyl (C=O) groups is 6. The second-order valence-corrected chi connectivity index (χ2v) is 8.49. The van der Waals surface area contributed by atoms with Crippen LogP contribution in [0.2, 0.25) is 0 Å². The van der Waals surface area contributed by atoms with Crippen LogP contribution in [-0.4, -0.2) is 81.4 Å². The summed E-state index contributed by atoms with van der Waals surface area (Å²) in [5.41, 5.74) is 11.0. The van der Waals surface area contributed by atoms with Crippen LogP contribution >= 0.6 is 0 Å². The van der Waals surface area contributed by atoms with Crippen LogP contribution in [0, 0.1) is 5.92 Å². The molecule has 33 heavy (non-hydrogen) atoms. The van der Waals surface area contributed by atoms with E-state index in [0.29, 0.717) is 12.8 Å². The standard InChI is InChI=1S/C20H33N5O8/c1-10(2)8-11(21)17(29)23-12(5-6-16(27)28)18(30)24-13(9-15(22)26)19(31)25-7-3-4-14(25)20(32)33/h10-14H,3-9,21H2,1-2H3,(H2,22,26)(H,23,29)(H,24,30)(H,27,28)(H,32,33). The number of aliphatic carboxylic acids is 2. The minimum absolute atomic E-state index is 0.0947. The lowest BCUT2D eigenvalue weighted by molar-refractivity contribution is -0.149.